The van der Waals surface area contributed by atoms with Crippen molar-refractivity contribution in [1.29, 1.82) is 0 Å². The molecule has 3 aromatic rings. The highest BCUT2D eigenvalue weighted by molar-refractivity contribution is 7.16. The number of anilines is 1. The molecule has 1 aliphatic rings. The van der Waals surface area contributed by atoms with E-state index >= 15 is 0 Å². The van der Waals surface area contributed by atoms with E-state index in [1.807, 2.05) is 13.8 Å². The summed E-state index contributed by atoms with van der Waals surface area (Å²) in [6.45, 7) is 3.71. The van der Waals surface area contributed by atoms with E-state index in [0.717, 1.165) is 10.6 Å². The van der Waals surface area contributed by atoms with Crippen molar-refractivity contribution in [2.24, 2.45) is 0 Å². The summed E-state index contributed by atoms with van der Waals surface area (Å²) < 4.78 is 16.4. The number of nitrogens with zero attached hydrogens (tertiary/aromatic N) is 2. The molecule has 1 atom stereocenters. The highest BCUT2D eigenvalue weighted by Crippen LogP contribution is 2.47. The summed E-state index contributed by atoms with van der Waals surface area (Å²) in [5, 5.41) is 12.1. The van der Waals surface area contributed by atoms with E-state index in [9.17, 15) is 14.7 Å². The van der Waals surface area contributed by atoms with Gasteiger partial charge >= 0.3 is 5.91 Å². The molecule has 0 unspecified atom stereocenters. The Morgan fingerprint density at radius 1 is 1.03 bits per heavy atom. The molecule has 1 aromatic heterocycles. The smallest absolute Gasteiger partial charge is 0.301 e. The van der Waals surface area contributed by atoms with Crippen LogP contribution in [0.1, 0.15) is 27.7 Å². The lowest BCUT2D eigenvalue weighted by atomic mass is 9.95. The quantitative estimate of drug-likeness (QED) is 0.279. The molecule has 1 aliphatic heterocycles. The number of benzene rings is 2. The molecule has 0 saturated carbocycles. The maximum atomic E-state index is 13.3. The van der Waals surface area contributed by atoms with Gasteiger partial charge in [-0.2, -0.15) is 0 Å². The number of amides is 1. The van der Waals surface area contributed by atoms with Gasteiger partial charge < -0.3 is 19.3 Å². The van der Waals surface area contributed by atoms with Crippen molar-refractivity contribution in [1.82, 2.24) is 4.98 Å². The summed E-state index contributed by atoms with van der Waals surface area (Å²) in [5.41, 5.74) is 1.47. The normalized spacial score (nSPS) is 17.1. The number of rotatable bonds is 6. The van der Waals surface area contributed by atoms with Crippen molar-refractivity contribution in [3.8, 4) is 17.2 Å². The predicted octanol–water partition coefficient (Wildman–Crippen LogP) is 5.07. The maximum absolute atomic E-state index is 13.3. The van der Waals surface area contributed by atoms with E-state index in [2.05, 4.69) is 4.98 Å². The second kappa shape index (κ2) is 9.59. The van der Waals surface area contributed by atoms with Crippen molar-refractivity contribution in [3.05, 3.63) is 68.7 Å². The van der Waals surface area contributed by atoms with Crippen LogP contribution < -0.4 is 19.1 Å². The van der Waals surface area contributed by atoms with Gasteiger partial charge in [0.25, 0.3) is 5.78 Å². The number of aliphatic hydroxyl groups excluding tert-OH is 1. The number of carbonyl (C=O) groups excluding carboxylic acids is 2. The van der Waals surface area contributed by atoms with Gasteiger partial charge in [0.05, 0.1) is 38.6 Å². The zero-order valence-corrected chi connectivity index (χ0v) is 21.3. The largest absolute Gasteiger partial charge is 0.507 e. The molecule has 0 aliphatic carbocycles. The summed E-state index contributed by atoms with van der Waals surface area (Å²) in [6, 6.07) is 8.64. The first kappa shape index (κ1) is 24.6. The van der Waals surface area contributed by atoms with Crippen molar-refractivity contribution < 1.29 is 28.9 Å². The molecule has 1 saturated heterocycles. The summed E-state index contributed by atoms with van der Waals surface area (Å²) >= 11 is 7.28. The highest BCUT2D eigenvalue weighted by Gasteiger charge is 2.48. The molecule has 0 bridgehead atoms. The van der Waals surface area contributed by atoms with E-state index in [1.165, 1.54) is 37.6 Å². The van der Waals surface area contributed by atoms with E-state index in [1.54, 1.807) is 36.4 Å². The summed E-state index contributed by atoms with van der Waals surface area (Å²) in [5.74, 6) is -0.925. The van der Waals surface area contributed by atoms with Crippen LogP contribution >= 0.6 is 22.9 Å². The summed E-state index contributed by atoms with van der Waals surface area (Å²) in [6.07, 6.45) is 0. The van der Waals surface area contributed by atoms with Gasteiger partial charge in [-0.15, -0.1) is 11.3 Å². The number of aliphatic hydroxyl groups is 1. The Morgan fingerprint density at radius 3 is 2.11 bits per heavy atom. The van der Waals surface area contributed by atoms with E-state index in [4.69, 9.17) is 25.8 Å². The van der Waals surface area contributed by atoms with Crippen molar-refractivity contribution >= 4 is 45.5 Å². The Bertz CT molecular complexity index is 1300. The molecule has 4 rings (SSSR count). The number of ketones is 1. The Labute approximate surface area is 211 Å². The summed E-state index contributed by atoms with van der Waals surface area (Å²) in [4.78, 5) is 33.4. The molecule has 0 spiro atoms. The van der Waals surface area contributed by atoms with Gasteiger partial charge in [0, 0.05) is 15.5 Å². The van der Waals surface area contributed by atoms with Crippen LogP contribution in [0.25, 0.3) is 5.76 Å². The first-order chi connectivity index (χ1) is 16.7. The number of halogens is 1. The minimum Gasteiger partial charge on any atom is -0.507 e. The molecular weight excluding hydrogens is 492 g/mol. The third-order valence-electron chi connectivity index (χ3n) is 5.79. The van der Waals surface area contributed by atoms with Crippen LogP contribution in [0.5, 0.6) is 17.2 Å². The lowest BCUT2D eigenvalue weighted by Gasteiger charge is -2.24. The average molecular weight is 515 g/mol. The first-order valence-corrected chi connectivity index (χ1v) is 11.7. The second-order valence-corrected chi connectivity index (χ2v) is 9.39. The number of hydrogen-bond donors (Lipinski definition) is 1. The average Bonchev–Trinajstić information content (AvgIpc) is 3.32. The van der Waals surface area contributed by atoms with Crippen molar-refractivity contribution in [3.63, 3.8) is 0 Å². The van der Waals surface area contributed by atoms with Crippen LogP contribution in [0, 0.1) is 13.8 Å². The molecule has 35 heavy (non-hydrogen) atoms. The molecule has 1 amide bonds. The molecule has 1 N–H and O–H groups in total. The monoisotopic (exact) mass is 514 g/mol. The Hall–Kier alpha value is -3.56. The van der Waals surface area contributed by atoms with E-state index in [-0.39, 0.29) is 11.3 Å². The van der Waals surface area contributed by atoms with Gasteiger partial charge in [-0.1, -0.05) is 11.6 Å². The molecule has 10 heteroatoms. The second-order valence-electron chi connectivity index (χ2n) is 7.77. The van der Waals surface area contributed by atoms with Crippen LogP contribution in [0.4, 0.5) is 5.13 Å². The minimum absolute atomic E-state index is 0.0860. The van der Waals surface area contributed by atoms with Gasteiger partial charge in [-0.25, -0.2) is 4.98 Å². The summed E-state index contributed by atoms with van der Waals surface area (Å²) in [7, 11) is 4.42. The van der Waals surface area contributed by atoms with Crippen LogP contribution in [0.3, 0.4) is 0 Å². The Morgan fingerprint density at radius 2 is 1.63 bits per heavy atom. The van der Waals surface area contributed by atoms with Crippen LogP contribution in [0.2, 0.25) is 5.02 Å². The van der Waals surface area contributed by atoms with Gasteiger partial charge in [0.2, 0.25) is 5.75 Å². The molecule has 8 nitrogen and oxygen atoms in total. The van der Waals surface area contributed by atoms with Crippen molar-refractivity contribution in [2.45, 2.75) is 19.9 Å². The first-order valence-electron chi connectivity index (χ1n) is 10.5. The standard InChI is InChI=1S/C25H23ClN2O6S/c1-12-13(2)35-25(27-12)28-20(15-10-17(32-3)23(34-5)18(11-15)33-4)19(22(30)24(28)31)21(29)14-6-8-16(26)9-7-14/h6-11,20,29H,1-5H3/b21-19+/t20-/m0/s1. The Balaban J connectivity index is 2.01. The number of ether oxygens (including phenoxy) is 3. The fraction of sp³-hybridized carbons (Fsp3) is 0.240. The van der Waals surface area contributed by atoms with E-state index in [0.29, 0.717) is 38.5 Å². The molecule has 2 heterocycles. The fourth-order valence-corrected chi connectivity index (χ4v) is 4.99. The number of carbonyl (C=O) groups is 2. The lowest BCUT2D eigenvalue weighted by Crippen LogP contribution is -2.29. The highest BCUT2D eigenvalue weighted by atomic mass is 35.5. The molecule has 182 valence electrons. The fourth-order valence-electron chi connectivity index (χ4n) is 3.93. The van der Waals surface area contributed by atoms with Crippen LogP contribution in [-0.2, 0) is 9.59 Å². The van der Waals surface area contributed by atoms with Crippen LogP contribution in [0.15, 0.2) is 42.0 Å². The predicted molar refractivity (Wildman–Crippen MR) is 134 cm³/mol. The molecule has 0 radical (unpaired) electrons. The van der Waals surface area contributed by atoms with E-state index < -0.39 is 17.7 Å². The maximum Gasteiger partial charge on any atom is 0.301 e. The molecular formula is C25H23ClN2O6S. The number of Topliss-reactive ketones (excluding diaryl/α,β-unsaturated/α-hetero) is 1. The minimum atomic E-state index is -0.996. The third-order valence-corrected chi connectivity index (χ3v) is 7.11. The zero-order valence-electron chi connectivity index (χ0n) is 19.7. The van der Waals surface area contributed by atoms with Gasteiger partial charge in [-0.3, -0.25) is 14.5 Å². The topological polar surface area (TPSA) is 98.2 Å². The zero-order chi connectivity index (χ0) is 25.4. The van der Waals surface area contributed by atoms with Crippen molar-refractivity contribution in [2.75, 3.05) is 26.2 Å². The lowest BCUT2D eigenvalue weighted by molar-refractivity contribution is -0.132. The number of aromatic nitrogens is 1. The molecule has 1 fully saturated rings. The number of thiazole rings is 1. The number of hydrogen-bond acceptors (Lipinski definition) is 8. The molecule has 2 aromatic carbocycles. The number of methoxy groups -OCH3 is 3. The number of aryl methyl sites for hydroxylation is 2. The van der Waals surface area contributed by atoms with Crippen LogP contribution in [-0.4, -0.2) is 43.1 Å². The van der Waals surface area contributed by atoms with Gasteiger partial charge in [-0.05, 0) is 55.8 Å². The van der Waals surface area contributed by atoms with Gasteiger partial charge in [0.15, 0.2) is 16.6 Å². The SMILES string of the molecule is COc1cc([C@H]2/C(=C(\O)c3ccc(Cl)cc3)C(=O)C(=O)N2c2nc(C)c(C)s2)cc(OC)c1OC. The Kier molecular flexibility index (Phi) is 6.73. The third kappa shape index (κ3) is 4.21. The van der Waals surface area contributed by atoms with Gasteiger partial charge in [0.1, 0.15) is 5.76 Å².